The molecule has 166 valence electrons. The molecule has 0 bridgehead atoms. The lowest BCUT2D eigenvalue weighted by atomic mass is 10.1. The van der Waals surface area contributed by atoms with Crippen LogP contribution in [0, 0.1) is 6.92 Å². The number of rotatable bonds is 6. The van der Waals surface area contributed by atoms with Crippen molar-refractivity contribution in [1.29, 1.82) is 0 Å². The number of methoxy groups -OCH3 is 1. The van der Waals surface area contributed by atoms with E-state index >= 15 is 0 Å². The molecule has 0 unspecified atom stereocenters. The molecular weight excluding hydrogens is 428 g/mol. The van der Waals surface area contributed by atoms with E-state index in [1.807, 2.05) is 48.2 Å². The van der Waals surface area contributed by atoms with Crippen molar-refractivity contribution in [2.45, 2.75) is 13.5 Å². The van der Waals surface area contributed by atoms with Crippen LogP contribution < -0.4 is 4.74 Å². The molecule has 1 aromatic heterocycles. The van der Waals surface area contributed by atoms with Gasteiger partial charge in [-0.25, -0.2) is 0 Å². The van der Waals surface area contributed by atoms with Gasteiger partial charge in [-0.3, -0.25) is 9.69 Å². The third-order valence-electron chi connectivity index (χ3n) is 5.40. The first-order chi connectivity index (χ1) is 15.5. The monoisotopic (exact) mass is 452 g/mol. The van der Waals surface area contributed by atoms with Gasteiger partial charge in [0.15, 0.2) is 0 Å². The number of carbonyl (C=O) groups is 1. The van der Waals surface area contributed by atoms with E-state index in [4.69, 9.17) is 20.9 Å². The quantitative estimate of drug-likeness (QED) is 0.525. The minimum atomic E-state index is -0.00368. The number of halogens is 1. The van der Waals surface area contributed by atoms with E-state index in [9.17, 15) is 4.79 Å². The highest BCUT2D eigenvalue weighted by atomic mass is 35.5. The number of ether oxygens (including phenoxy) is 1. The molecule has 2 aromatic carbocycles. The van der Waals surface area contributed by atoms with Crippen LogP contribution in [-0.4, -0.2) is 59.1 Å². The van der Waals surface area contributed by atoms with Gasteiger partial charge in [-0.15, -0.1) is 0 Å². The van der Waals surface area contributed by atoms with Crippen LogP contribution in [0.4, 0.5) is 0 Å². The van der Waals surface area contributed by atoms with Crippen LogP contribution in [0.5, 0.6) is 5.75 Å². The molecule has 2 heterocycles. The van der Waals surface area contributed by atoms with Crippen LogP contribution in [0.3, 0.4) is 0 Å². The summed E-state index contributed by atoms with van der Waals surface area (Å²) in [6, 6.07) is 13.2. The Morgan fingerprint density at radius 2 is 1.91 bits per heavy atom. The van der Waals surface area contributed by atoms with Crippen molar-refractivity contribution in [3.63, 3.8) is 0 Å². The number of benzene rings is 2. The number of hydrogen-bond acceptors (Lipinski definition) is 6. The maximum atomic E-state index is 12.6. The van der Waals surface area contributed by atoms with E-state index in [-0.39, 0.29) is 5.91 Å². The number of aromatic nitrogens is 2. The summed E-state index contributed by atoms with van der Waals surface area (Å²) >= 11 is 5.93. The summed E-state index contributed by atoms with van der Waals surface area (Å²) in [5.41, 5.74) is 2.87. The molecule has 1 aliphatic rings. The van der Waals surface area contributed by atoms with Crippen molar-refractivity contribution in [3.05, 3.63) is 70.6 Å². The van der Waals surface area contributed by atoms with E-state index in [2.05, 4.69) is 15.0 Å². The molecular formula is C24H25ClN4O3. The van der Waals surface area contributed by atoms with Gasteiger partial charge in [0, 0.05) is 48.4 Å². The van der Waals surface area contributed by atoms with Gasteiger partial charge in [0.2, 0.25) is 17.6 Å². The van der Waals surface area contributed by atoms with Crippen molar-refractivity contribution in [3.8, 4) is 17.1 Å². The second-order valence-electron chi connectivity index (χ2n) is 7.70. The minimum Gasteiger partial charge on any atom is -0.496 e. The summed E-state index contributed by atoms with van der Waals surface area (Å²) < 4.78 is 10.8. The van der Waals surface area contributed by atoms with Gasteiger partial charge in [-0.2, -0.15) is 4.98 Å². The molecule has 1 aliphatic heterocycles. The van der Waals surface area contributed by atoms with Crippen molar-refractivity contribution >= 4 is 23.6 Å². The number of hydrogen-bond donors (Lipinski definition) is 0. The third kappa shape index (κ3) is 5.36. The molecule has 7 nitrogen and oxygen atoms in total. The van der Waals surface area contributed by atoms with Crippen molar-refractivity contribution in [2.75, 3.05) is 33.3 Å². The molecule has 1 amide bonds. The van der Waals surface area contributed by atoms with E-state index in [0.29, 0.717) is 36.4 Å². The van der Waals surface area contributed by atoms with Gasteiger partial charge in [0.1, 0.15) is 5.75 Å². The highest BCUT2D eigenvalue weighted by molar-refractivity contribution is 6.30. The molecule has 32 heavy (non-hydrogen) atoms. The average Bonchev–Trinajstić information content (AvgIpc) is 3.27. The lowest BCUT2D eigenvalue weighted by Gasteiger charge is -2.33. The van der Waals surface area contributed by atoms with Crippen LogP contribution >= 0.6 is 11.6 Å². The maximum absolute atomic E-state index is 12.6. The second-order valence-corrected chi connectivity index (χ2v) is 8.14. The van der Waals surface area contributed by atoms with Gasteiger partial charge in [0.05, 0.1) is 13.7 Å². The Bertz CT molecular complexity index is 1100. The summed E-state index contributed by atoms with van der Waals surface area (Å²) in [5, 5.41) is 4.72. The standard InChI is InChI=1S/C24H25ClN4O3/c1-17-3-9-21(31-2)19(15-17)6-10-23(30)29-13-11-28(12-14-29)16-22-26-24(27-32-22)18-4-7-20(25)8-5-18/h3-10,15H,11-14,16H2,1-2H3/b10-6+. The summed E-state index contributed by atoms with van der Waals surface area (Å²) in [5.74, 6) is 1.85. The Labute approximate surface area is 192 Å². The van der Waals surface area contributed by atoms with Gasteiger partial charge in [0.25, 0.3) is 0 Å². The number of nitrogens with zero attached hydrogens (tertiary/aromatic N) is 4. The van der Waals surface area contributed by atoms with Gasteiger partial charge in [-0.05, 0) is 49.4 Å². The van der Waals surface area contributed by atoms with Gasteiger partial charge >= 0.3 is 0 Å². The summed E-state index contributed by atoms with van der Waals surface area (Å²) in [4.78, 5) is 21.2. The first-order valence-electron chi connectivity index (χ1n) is 10.4. The number of aryl methyl sites for hydroxylation is 1. The SMILES string of the molecule is COc1ccc(C)cc1/C=C/C(=O)N1CCN(Cc2nc(-c3ccc(Cl)cc3)no2)CC1. The molecule has 0 aliphatic carbocycles. The van der Waals surface area contributed by atoms with Crippen LogP contribution in [0.2, 0.25) is 5.02 Å². The summed E-state index contributed by atoms with van der Waals surface area (Å²) in [6.45, 7) is 5.34. The van der Waals surface area contributed by atoms with Gasteiger partial charge < -0.3 is 14.2 Å². The number of piperazine rings is 1. The lowest BCUT2D eigenvalue weighted by Crippen LogP contribution is -2.47. The molecule has 0 saturated carbocycles. The molecule has 0 radical (unpaired) electrons. The van der Waals surface area contributed by atoms with Crippen molar-refractivity contribution in [2.24, 2.45) is 0 Å². The zero-order valence-electron chi connectivity index (χ0n) is 18.1. The predicted molar refractivity (Wildman–Crippen MR) is 123 cm³/mol. The molecule has 1 fully saturated rings. The van der Waals surface area contributed by atoms with Crippen LogP contribution in [0.25, 0.3) is 17.5 Å². The highest BCUT2D eigenvalue weighted by Gasteiger charge is 2.21. The van der Waals surface area contributed by atoms with E-state index in [1.165, 1.54) is 0 Å². The Hall–Kier alpha value is -3.16. The van der Waals surface area contributed by atoms with Gasteiger partial charge in [-0.1, -0.05) is 28.4 Å². The van der Waals surface area contributed by atoms with Crippen molar-refractivity contribution in [1.82, 2.24) is 19.9 Å². The Morgan fingerprint density at radius 3 is 2.62 bits per heavy atom. The van der Waals surface area contributed by atoms with Crippen LogP contribution in [0.15, 0.2) is 53.1 Å². The van der Waals surface area contributed by atoms with Crippen LogP contribution in [-0.2, 0) is 11.3 Å². The fourth-order valence-electron chi connectivity index (χ4n) is 3.60. The number of amides is 1. The minimum absolute atomic E-state index is 0.00368. The molecule has 0 atom stereocenters. The molecule has 1 saturated heterocycles. The third-order valence-corrected chi connectivity index (χ3v) is 5.66. The number of carbonyl (C=O) groups excluding carboxylic acids is 1. The zero-order chi connectivity index (χ0) is 22.5. The second kappa shape index (κ2) is 9.97. The fraction of sp³-hybridized carbons (Fsp3) is 0.292. The van der Waals surface area contributed by atoms with E-state index in [0.717, 1.165) is 35.5 Å². The molecule has 0 spiro atoms. The predicted octanol–water partition coefficient (Wildman–Crippen LogP) is 4.06. The lowest BCUT2D eigenvalue weighted by molar-refractivity contribution is -0.127. The molecule has 4 rings (SSSR count). The highest BCUT2D eigenvalue weighted by Crippen LogP contribution is 2.22. The normalized spacial score (nSPS) is 14.8. The largest absolute Gasteiger partial charge is 0.496 e. The summed E-state index contributed by atoms with van der Waals surface area (Å²) in [6.07, 6.45) is 3.43. The molecule has 8 heteroatoms. The average molecular weight is 453 g/mol. The first-order valence-corrected chi connectivity index (χ1v) is 10.8. The Balaban J connectivity index is 1.30. The van der Waals surface area contributed by atoms with Crippen LogP contribution in [0.1, 0.15) is 17.0 Å². The Kier molecular flexibility index (Phi) is 6.87. The van der Waals surface area contributed by atoms with Crippen molar-refractivity contribution < 1.29 is 14.1 Å². The molecule has 0 N–H and O–H groups in total. The van der Waals surface area contributed by atoms with E-state index < -0.39 is 0 Å². The fourth-order valence-corrected chi connectivity index (χ4v) is 3.73. The first kappa shape index (κ1) is 22.0. The summed E-state index contributed by atoms with van der Waals surface area (Å²) in [7, 11) is 1.63. The smallest absolute Gasteiger partial charge is 0.246 e. The Morgan fingerprint density at radius 1 is 1.16 bits per heavy atom. The maximum Gasteiger partial charge on any atom is 0.246 e. The zero-order valence-corrected chi connectivity index (χ0v) is 18.9. The molecule has 3 aromatic rings. The topological polar surface area (TPSA) is 71.7 Å². The van der Waals surface area contributed by atoms with E-state index in [1.54, 1.807) is 25.3 Å².